The van der Waals surface area contributed by atoms with Crippen LogP contribution in [0.1, 0.15) is 23.6 Å². The zero-order chi connectivity index (χ0) is 16.8. The second-order valence-electron chi connectivity index (χ2n) is 5.21. The highest BCUT2D eigenvalue weighted by Gasteiger charge is 2.13. The molecule has 2 aromatic heterocycles. The fourth-order valence-corrected chi connectivity index (χ4v) is 2.32. The van der Waals surface area contributed by atoms with Gasteiger partial charge in [0.15, 0.2) is 5.82 Å². The highest BCUT2D eigenvalue weighted by molar-refractivity contribution is 6.31. The lowest BCUT2D eigenvalue weighted by Crippen LogP contribution is -2.29. The normalized spacial score (nSPS) is 11.0. The fraction of sp³-hybridized carbons (Fsp3) is 0.571. The molecular weight excluding hydrogens is 320 g/mol. The molecule has 126 valence electrons. The van der Waals surface area contributed by atoms with Crippen LogP contribution in [-0.4, -0.2) is 44.2 Å². The number of methoxy groups -OCH3 is 1. The predicted molar refractivity (Wildman–Crippen MR) is 85.1 cm³/mol. The Bertz CT molecular complexity index is 666. The van der Waals surface area contributed by atoms with Crippen molar-refractivity contribution in [3.8, 4) is 0 Å². The zero-order valence-electron chi connectivity index (χ0n) is 13.5. The summed E-state index contributed by atoms with van der Waals surface area (Å²) in [6.45, 7) is 5.51. The molecule has 2 rings (SSSR count). The number of amides is 1. The molecule has 0 saturated heterocycles. The van der Waals surface area contributed by atoms with Gasteiger partial charge in [0, 0.05) is 20.3 Å². The molecule has 1 N–H and O–H groups in total. The van der Waals surface area contributed by atoms with Crippen molar-refractivity contribution in [1.29, 1.82) is 0 Å². The number of ether oxygens (including phenoxy) is 1. The van der Waals surface area contributed by atoms with E-state index in [1.54, 1.807) is 18.1 Å². The molecule has 1 amide bonds. The Morgan fingerprint density at radius 3 is 2.87 bits per heavy atom. The summed E-state index contributed by atoms with van der Waals surface area (Å²) in [7, 11) is 1.67. The Morgan fingerprint density at radius 2 is 2.22 bits per heavy atom. The van der Waals surface area contributed by atoms with Crippen LogP contribution in [0, 0.1) is 13.8 Å². The Labute approximate surface area is 139 Å². The molecular formula is C14H21ClN6O2. The quantitative estimate of drug-likeness (QED) is 0.727. The Kier molecular flexibility index (Phi) is 6.12. The number of halogens is 1. The number of hydrogen-bond acceptors (Lipinski definition) is 5. The largest absolute Gasteiger partial charge is 0.385 e. The standard InChI is InChI=1S/C14H21ClN6O2/c1-10-14(15)11(2)21(19-10)8-13(22)16-7-12-18-17-9-20(12)5-4-6-23-3/h9H,4-8H2,1-3H3,(H,16,22). The topological polar surface area (TPSA) is 86.9 Å². The number of aromatic nitrogens is 5. The van der Waals surface area contributed by atoms with E-state index in [4.69, 9.17) is 16.3 Å². The van der Waals surface area contributed by atoms with Gasteiger partial charge in [0.1, 0.15) is 12.9 Å². The van der Waals surface area contributed by atoms with Gasteiger partial charge in [0.2, 0.25) is 5.91 Å². The van der Waals surface area contributed by atoms with Crippen LogP contribution in [0.4, 0.5) is 0 Å². The smallest absolute Gasteiger partial charge is 0.242 e. The van der Waals surface area contributed by atoms with Crippen molar-refractivity contribution in [2.75, 3.05) is 13.7 Å². The second kappa shape index (κ2) is 8.07. The summed E-state index contributed by atoms with van der Waals surface area (Å²) in [4.78, 5) is 12.1. The summed E-state index contributed by atoms with van der Waals surface area (Å²) < 4.78 is 8.52. The first kappa shape index (κ1) is 17.4. The maximum atomic E-state index is 12.1. The van der Waals surface area contributed by atoms with Gasteiger partial charge in [-0.1, -0.05) is 11.6 Å². The van der Waals surface area contributed by atoms with E-state index in [0.29, 0.717) is 24.0 Å². The first-order valence-corrected chi connectivity index (χ1v) is 7.72. The predicted octanol–water partition coefficient (Wildman–Crippen LogP) is 1.10. The number of nitrogens with zero attached hydrogens (tertiary/aromatic N) is 5. The number of hydrogen-bond donors (Lipinski definition) is 1. The molecule has 0 radical (unpaired) electrons. The lowest BCUT2D eigenvalue weighted by atomic mass is 10.4. The minimum Gasteiger partial charge on any atom is -0.385 e. The number of carbonyl (C=O) groups is 1. The van der Waals surface area contributed by atoms with Gasteiger partial charge in [-0.3, -0.25) is 9.48 Å². The highest BCUT2D eigenvalue weighted by atomic mass is 35.5. The molecule has 0 spiro atoms. The third-order valence-corrected chi connectivity index (χ3v) is 4.02. The van der Waals surface area contributed by atoms with Crippen molar-refractivity contribution in [3.05, 3.63) is 28.6 Å². The van der Waals surface area contributed by atoms with Gasteiger partial charge in [-0.05, 0) is 20.3 Å². The van der Waals surface area contributed by atoms with Crippen molar-refractivity contribution in [3.63, 3.8) is 0 Å². The van der Waals surface area contributed by atoms with E-state index in [-0.39, 0.29) is 12.5 Å². The summed E-state index contributed by atoms with van der Waals surface area (Å²) in [6, 6.07) is 0. The van der Waals surface area contributed by atoms with Crippen molar-refractivity contribution in [1.82, 2.24) is 29.9 Å². The summed E-state index contributed by atoms with van der Waals surface area (Å²) in [5.41, 5.74) is 1.50. The van der Waals surface area contributed by atoms with Crippen LogP contribution in [0.3, 0.4) is 0 Å². The SMILES string of the molecule is COCCCn1cnnc1CNC(=O)Cn1nc(C)c(Cl)c1C. The van der Waals surface area contributed by atoms with E-state index in [0.717, 1.165) is 24.4 Å². The molecule has 8 nitrogen and oxygen atoms in total. The van der Waals surface area contributed by atoms with E-state index >= 15 is 0 Å². The first-order chi connectivity index (χ1) is 11.0. The number of rotatable bonds is 8. The monoisotopic (exact) mass is 340 g/mol. The van der Waals surface area contributed by atoms with Crippen LogP contribution in [0.15, 0.2) is 6.33 Å². The third kappa shape index (κ3) is 4.52. The van der Waals surface area contributed by atoms with Crippen LogP contribution in [0.25, 0.3) is 0 Å². The van der Waals surface area contributed by atoms with E-state index in [9.17, 15) is 4.79 Å². The first-order valence-electron chi connectivity index (χ1n) is 7.34. The lowest BCUT2D eigenvalue weighted by Gasteiger charge is -2.08. The van der Waals surface area contributed by atoms with Gasteiger partial charge in [-0.25, -0.2) is 0 Å². The minimum absolute atomic E-state index is 0.122. The van der Waals surface area contributed by atoms with Crippen molar-refractivity contribution in [2.24, 2.45) is 0 Å². The molecule has 0 bridgehead atoms. The maximum Gasteiger partial charge on any atom is 0.242 e. The fourth-order valence-electron chi connectivity index (χ4n) is 2.18. The summed E-state index contributed by atoms with van der Waals surface area (Å²) in [6.07, 6.45) is 2.51. The minimum atomic E-state index is -0.154. The highest BCUT2D eigenvalue weighted by Crippen LogP contribution is 2.18. The molecule has 0 unspecified atom stereocenters. The number of nitrogens with one attached hydrogen (secondary N) is 1. The van der Waals surface area contributed by atoms with E-state index in [1.807, 2.05) is 18.4 Å². The average Bonchev–Trinajstić information content (AvgIpc) is 3.06. The number of carbonyl (C=O) groups excluding carboxylic acids is 1. The van der Waals surface area contributed by atoms with Crippen molar-refractivity contribution in [2.45, 2.75) is 39.9 Å². The Hall–Kier alpha value is -1.93. The van der Waals surface area contributed by atoms with Gasteiger partial charge in [-0.15, -0.1) is 10.2 Å². The van der Waals surface area contributed by atoms with Gasteiger partial charge in [-0.2, -0.15) is 5.10 Å². The van der Waals surface area contributed by atoms with Gasteiger partial charge in [0.25, 0.3) is 0 Å². The van der Waals surface area contributed by atoms with Crippen LogP contribution in [0.5, 0.6) is 0 Å². The summed E-state index contributed by atoms with van der Waals surface area (Å²) in [5, 5.41) is 15.6. The third-order valence-electron chi connectivity index (χ3n) is 3.47. The van der Waals surface area contributed by atoms with E-state index in [2.05, 4.69) is 20.6 Å². The Morgan fingerprint density at radius 1 is 1.43 bits per heavy atom. The van der Waals surface area contributed by atoms with Crippen molar-refractivity contribution < 1.29 is 9.53 Å². The van der Waals surface area contributed by atoms with Crippen LogP contribution >= 0.6 is 11.6 Å². The van der Waals surface area contributed by atoms with Crippen LogP contribution in [0.2, 0.25) is 5.02 Å². The van der Waals surface area contributed by atoms with Gasteiger partial charge < -0.3 is 14.6 Å². The summed E-state index contributed by atoms with van der Waals surface area (Å²) in [5.74, 6) is 0.555. The van der Waals surface area contributed by atoms with E-state index < -0.39 is 0 Å². The maximum absolute atomic E-state index is 12.1. The lowest BCUT2D eigenvalue weighted by molar-refractivity contribution is -0.122. The second-order valence-corrected chi connectivity index (χ2v) is 5.58. The van der Waals surface area contributed by atoms with Gasteiger partial charge in [0.05, 0.1) is 23.0 Å². The molecule has 2 heterocycles. The molecule has 0 fully saturated rings. The molecule has 2 aromatic rings. The number of aryl methyl sites for hydroxylation is 2. The molecule has 9 heteroatoms. The molecule has 23 heavy (non-hydrogen) atoms. The van der Waals surface area contributed by atoms with Crippen LogP contribution in [-0.2, 0) is 29.2 Å². The zero-order valence-corrected chi connectivity index (χ0v) is 14.3. The van der Waals surface area contributed by atoms with E-state index in [1.165, 1.54) is 0 Å². The van der Waals surface area contributed by atoms with Crippen LogP contribution < -0.4 is 5.32 Å². The molecule has 0 aliphatic carbocycles. The molecule has 0 atom stereocenters. The molecule has 0 aliphatic rings. The average molecular weight is 341 g/mol. The summed E-state index contributed by atoms with van der Waals surface area (Å²) >= 11 is 6.07. The molecule has 0 aliphatic heterocycles. The Balaban J connectivity index is 1.87. The molecule has 0 saturated carbocycles. The van der Waals surface area contributed by atoms with Gasteiger partial charge >= 0.3 is 0 Å². The molecule has 0 aromatic carbocycles. The van der Waals surface area contributed by atoms with Crippen molar-refractivity contribution >= 4 is 17.5 Å².